The first-order chi connectivity index (χ1) is 7.97. The summed E-state index contributed by atoms with van der Waals surface area (Å²) >= 11 is 14.1. The monoisotopic (exact) mass is 396 g/mol. The number of aromatic nitrogens is 2. The van der Waals surface area contributed by atoms with Crippen LogP contribution in [0.1, 0.15) is 16.1 Å². The molecule has 90 valence electrons. The molecule has 0 saturated carbocycles. The zero-order chi connectivity index (χ0) is 12.6. The molecule has 2 rings (SSSR count). The number of halogens is 3. The second kappa shape index (κ2) is 5.22. The van der Waals surface area contributed by atoms with E-state index < -0.39 is 0 Å². The molecule has 0 spiro atoms. The van der Waals surface area contributed by atoms with Crippen LogP contribution in [0.4, 0.5) is 0 Å². The van der Waals surface area contributed by atoms with Gasteiger partial charge in [-0.15, -0.1) is 11.3 Å². The molecular weight excluding hydrogens is 391 g/mol. The topological polar surface area (TPSA) is 34.9 Å². The molecule has 2 heterocycles. The van der Waals surface area contributed by atoms with Crippen LogP contribution in [0.5, 0.6) is 0 Å². The largest absolute Gasteiger partial charge is 0.292 e. The lowest BCUT2D eigenvalue weighted by Crippen LogP contribution is -2.10. The molecule has 0 fully saturated rings. The first-order valence-electron chi connectivity index (χ1n) is 4.65. The number of carbonyl (C=O) groups excluding carboxylic acids is 1. The van der Waals surface area contributed by atoms with Gasteiger partial charge in [-0.2, -0.15) is 5.10 Å². The molecule has 0 bridgehead atoms. The summed E-state index contributed by atoms with van der Waals surface area (Å²) in [5.41, 5.74) is 1.39. The van der Waals surface area contributed by atoms with Gasteiger partial charge in [0, 0.05) is 11.8 Å². The maximum Gasteiger partial charge on any atom is 0.186 e. The third-order valence-corrected chi connectivity index (χ3v) is 4.86. The number of thiophene rings is 1. The van der Waals surface area contributed by atoms with Gasteiger partial charge in [-0.1, -0.05) is 11.6 Å². The standard InChI is InChI=1S/C10H7Br2ClN2OS/c1-5-7(13)3-15(14-5)4-8(16)6-2-9(11)17-10(6)12/h2-3H,4H2,1H3. The van der Waals surface area contributed by atoms with Gasteiger partial charge < -0.3 is 0 Å². The Morgan fingerprint density at radius 3 is 2.76 bits per heavy atom. The fourth-order valence-electron chi connectivity index (χ4n) is 1.34. The van der Waals surface area contributed by atoms with Crippen molar-refractivity contribution < 1.29 is 4.79 Å². The molecular formula is C10H7Br2ClN2OS. The van der Waals surface area contributed by atoms with Crippen molar-refractivity contribution in [3.63, 3.8) is 0 Å². The highest BCUT2D eigenvalue weighted by Gasteiger charge is 2.15. The molecule has 0 N–H and O–H groups in total. The molecule has 3 nitrogen and oxygen atoms in total. The molecule has 0 unspecified atom stereocenters. The van der Waals surface area contributed by atoms with E-state index in [0.29, 0.717) is 10.6 Å². The van der Waals surface area contributed by atoms with Crippen LogP contribution in [0.2, 0.25) is 5.02 Å². The molecule has 0 aromatic carbocycles. The molecule has 0 saturated heterocycles. The molecule has 0 atom stereocenters. The Kier molecular flexibility index (Phi) is 4.07. The average molecular weight is 399 g/mol. The number of rotatable bonds is 3. The van der Waals surface area contributed by atoms with Gasteiger partial charge in [0.15, 0.2) is 5.78 Å². The van der Waals surface area contributed by atoms with Crippen molar-refractivity contribution in [2.24, 2.45) is 0 Å². The van der Waals surface area contributed by atoms with E-state index in [1.165, 1.54) is 11.3 Å². The zero-order valence-corrected chi connectivity index (χ0v) is 13.5. The lowest BCUT2D eigenvalue weighted by molar-refractivity contribution is 0.0967. The fourth-order valence-corrected chi connectivity index (χ4v) is 4.34. The minimum Gasteiger partial charge on any atom is -0.292 e. The lowest BCUT2D eigenvalue weighted by atomic mass is 10.2. The van der Waals surface area contributed by atoms with Crippen molar-refractivity contribution >= 4 is 60.6 Å². The van der Waals surface area contributed by atoms with Gasteiger partial charge in [0.05, 0.1) is 18.3 Å². The third kappa shape index (κ3) is 2.99. The van der Waals surface area contributed by atoms with Crippen molar-refractivity contribution in [3.05, 3.63) is 36.1 Å². The van der Waals surface area contributed by atoms with E-state index in [2.05, 4.69) is 37.0 Å². The Bertz CT molecular complexity index is 559. The van der Waals surface area contributed by atoms with Crippen molar-refractivity contribution in [2.75, 3.05) is 0 Å². The van der Waals surface area contributed by atoms with Crippen molar-refractivity contribution in [3.8, 4) is 0 Å². The minimum atomic E-state index is -0.00186. The van der Waals surface area contributed by atoms with Gasteiger partial charge >= 0.3 is 0 Å². The zero-order valence-electron chi connectivity index (χ0n) is 8.71. The van der Waals surface area contributed by atoms with Crippen LogP contribution in [0.25, 0.3) is 0 Å². The Morgan fingerprint density at radius 2 is 2.29 bits per heavy atom. The molecule has 2 aromatic heterocycles. The summed E-state index contributed by atoms with van der Waals surface area (Å²) in [6.45, 7) is 2.00. The number of hydrogen-bond donors (Lipinski definition) is 0. The predicted molar refractivity (Wildman–Crippen MR) is 76.0 cm³/mol. The van der Waals surface area contributed by atoms with Crippen molar-refractivity contribution in [1.29, 1.82) is 0 Å². The summed E-state index contributed by atoms with van der Waals surface area (Å²) < 4.78 is 3.30. The van der Waals surface area contributed by atoms with E-state index in [1.807, 2.05) is 0 Å². The molecule has 0 amide bonds. The highest BCUT2D eigenvalue weighted by Crippen LogP contribution is 2.32. The van der Waals surface area contributed by atoms with Crippen LogP contribution in [0, 0.1) is 6.92 Å². The number of nitrogens with zero attached hydrogens (tertiary/aromatic N) is 2. The minimum absolute atomic E-state index is 0.00186. The highest BCUT2D eigenvalue weighted by atomic mass is 79.9. The van der Waals surface area contributed by atoms with Crippen LogP contribution in [-0.2, 0) is 6.54 Å². The summed E-state index contributed by atoms with van der Waals surface area (Å²) in [5.74, 6) is -0.00186. The maximum absolute atomic E-state index is 12.0. The number of aryl methyl sites for hydroxylation is 1. The smallest absolute Gasteiger partial charge is 0.186 e. The van der Waals surface area contributed by atoms with Crippen LogP contribution < -0.4 is 0 Å². The van der Waals surface area contributed by atoms with E-state index in [9.17, 15) is 4.79 Å². The number of ketones is 1. The molecule has 17 heavy (non-hydrogen) atoms. The highest BCUT2D eigenvalue weighted by molar-refractivity contribution is 9.12. The van der Waals surface area contributed by atoms with Gasteiger partial charge in [-0.3, -0.25) is 9.48 Å². The molecule has 2 aromatic rings. The molecule has 0 aliphatic rings. The summed E-state index contributed by atoms with van der Waals surface area (Å²) in [7, 11) is 0. The summed E-state index contributed by atoms with van der Waals surface area (Å²) in [6, 6.07) is 1.80. The Labute approximate surface area is 124 Å². The van der Waals surface area contributed by atoms with Gasteiger partial charge in [0.25, 0.3) is 0 Å². The normalized spacial score (nSPS) is 10.8. The summed E-state index contributed by atoms with van der Waals surface area (Å²) in [4.78, 5) is 12.0. The fraction of sp³-hybridized carbons (Fsp3) is 0.200. The summed E-state index contributed by atoms with van der Waals surface area (Å²) in [5, 5.41) is 4.72. The van der Waals surface area contributed by atoms with E-state index in [1.54, 1.807) is 23.9 Å². The first kappa shape index (κ1) is 13.3. The van der Waals surface area contributed by atoms with E-state index in [4.69, 9.17) is 11.6 Å². The number of carbonyl (C=O) groups is 1. The van der Waals surface area contributed by atoms with E-state index in [-0.39, 0.29) is 12.3 Å². The van der Waals surface area contributed by atoms with E-state index in [0.717, 1.165) is 13.3 Å². The lowest BCUT2D eigenvalue weighted by Gasteiger charge is -1.99. The number of hydrogen-bond acceptors (Lipinski definition) is 3. The number of Topliss-reactive ketones (excluding diaryl/α,β-unsaturated/α-hetero) is 1. The SMILES string of the molecule is Cc1nn(CC(=O)c2cc(Br)sc2Br)cc1Cl. The Morgan fingerprint density at radius 1 is 1.59 bits per heavy atom. The van der Waals surface area contributed by atoms with Crippen LogP contribution >= 0.6 is 54.8 Å². The van der Waals surface area contributed by atoms with Crippen molar-refractivity contribution in [2.45, 2.75) is 13.5 Å². The average Bonchev–Trinajstić information content (AvgIpc) is 2.71. The van der Waals surface area contributed by atoms with Crippen molar-refractivity contribution in [1.82, 2.24) is 9.78 Å². The van der Waals surface area contributed by atoms with Gasteiger partial charge in [0.2, 0.25) is 0 Å². The Balaban J connectivity index is 2.19. The van der Waals surface area contributed by atoms with Crippen LogP contribution in [-0.4, -0.2) is 15.6 Å². The van der Waals surface area contributed by atoms with Crippen LogP contribution in [0.15, 0.2) is 19.8 Å². The van der Waals surface area contributed by atoms with Gasteiger partial charge in [-0.05, 0) is 44.8 Å². The predicted octanol–water partition coefficient (Wildman–Crippen LogP) is 4.31. The Hall–Kier alpha value is -0.170. The molecule has 0 aliphatic heterocycles. The summed E-state index contributed by atoms with van der Waals surface area (Å²) in [6.07, 6.45) is 1.66. The molecule has 7 heteroatoms. The van der Waals surface area contributed by atoms with Gasteiger partial charge in [0.1, 0.15) is 6.54 Å². The molecule has 0 radical (unpaired) electrons. The molecule has 0 aliphatic carbocycles. The third-order valence-electron chi connectivity index (χ3n) is 2.15. The van der Waals surface area contributed by atoms with E-state index >= 15 is 0 Å². The van der Waals surface area contributed by atoms with Crippen LogP contribution in [0.3, 0.4) is 0 Å². The second-order valence-electron chi connectivity index (χ2n) is 3.42. The van der Waals surface area contributed by atoms with Gasteiger partial charge in [-0.25, -0.2) is 0 Å². The second-order valence-corrected chi connectivity index (χ2v) is 7.58. The first-order valence-corrected chi connectivity index (χ1v) is 7.43. The quantitative estimate of drug-likeness (QED) is 0.722. The maximum atomic E-state index is 12.0.